The number of nitrogens with two attached hydrogens (primary N) is 1. The van der Waals surface area contributed by atoms with Crippen LogP contribution in [0.1, 0.15) is 44.6 Å². The molecule has 2 aromatic carbocycles. The first-order valence-electron chi connectivity index (χ1n) is 13.7. The standard InChI is InChI=1S/C31H36N6/c1-2-3-18-36-19-21-37(22-20-36)27-15-14-26-30(34-27)35-29(28(33-26)23-8-5-4-6-9-23)24-10-12-25(13-11-24)31(32)16-7-17-31/h4-6,8-15H,2-3,7,16-22,32H2,1H3. The Labute approximate surface area is 219 Å². The Balaban J connectivity index is 1.35. The van der Waals surface area contributed by atoms with E-state index < -0.39 is 0 Å². The lowest BCUT2D eigenvalue weighted by Gasteiger charge is -2.38. The van der Waals surface area contributed by atoms with Crippen LogP contribution < -0.4 is 10.6 Å². The second kappa shape index (κ2) is 10.2. The molecule has 0 amide bonds. The van der Waals surface area contributed by atoms with Gasteiger partial charge < -0.3 is 10.6 Å². The van der Waals surface area contributed by atoms with Crippen LogP contribution in [-0.2, 0) is 5.54 Å². The van der Waals surface area contributed by atoms with Crippen LogP contribution in [0.15, 0.2) is 66.7 Å². The molecular weight excluding hydrogens is 456 g/mol. The van der Waals surface area contributed by atoms with Crippen molar-refractivity contribution in [1.29, 1.82) is 0 Å². The molecule has 1 saturated heterocycles. The maximum Gasteiger partial charge on any atom is 0.180 e. The van der Waals surface area contributed by atoms with Crippen LogP contribution in [0.3, 0.4) is 0 Å². The average molecular weight is 493 g/mol. The van der Waals surface area contributed by atoms with E-state index in [1.54, 1.807) is 0 Å². The van der Waals surface area contributed by atoms with E-state index >= 15 is 0 Å². The van der Waals surface area contributed by atoms with Gasteiger partial charge in [-0.25, -0.2) is 15.0 Å². The maximum absolute atomic E-state index is 6.58. The van der Waals surface area contributed by atoms with Gasteiger partial charge in [0.25, 0.3) is 0 Å². The van der Waals surface area contributed by atoms with Crippen LogP contribution in [0.2, 0.25) is 0 Å². The lowest BCUT2D eigenvalue weighted by atomic mass is 9.72. The molecule has 4 aromatic rings. The summed E-state index contributed by atoms with van der Waals surface area (Å²) in [4.78, 5) is 20.1. The summed E-state index contributed by atoms with van der Waals surface area (Å²) >= 11 is 0. The molecule has 0 radical (unpaired) electrons. The Kier molecular flexibility index (Phi) is 6.61. The zero-order valence-corrected chi connectivity index (χ0v) is 21.7. The number of unbranched alkanes of at least 4 members (excludes halogenated alkanes) is 1. The zero-order chi connectivity index (χ0) is 25.2. The predicted molar refractivity (Wildman–Crippen MR) is 151 cm³/mol. The molecule has 2 N–H and O–H groups in total. The van der Waals surface area contributed by atoms with E-state index in [0.717, 1.165) is 72.9 Å². The molecule has 0 bridgehead atoms. The Morgan fingerprint density at radius 2 is 1.49 bits per heavy atom. The molecule has 6 rings (SSSR count). The van der Waals surface area contributed by atoms with Crippen LogP contribution in [0.25, 0.3) is 33.7 Å². The molecule has 3 heterocycles. The SMILES string of the molecule is CCCCN1CCN(c2ccc3nc(-c4ccccc4)c(-c4ccc(C5(N)CCC5)cc4)nc3n2)CC1. The number of anilines is 1. The average Bonchev–Trinajstić information content (AvgIpc) is 2.94. The summed E-state index contributed by atoms with van der Waals surface area (Å²) in [5.74, 6) is 0.987. The molecule has 0 unspecified atom stereocenters. The van der Waals surface area contributed by atoms with Gasteiger partial charge in [-0.05, 0) is 49.9 Å². The van der Waals surface area contributed by atoms with Crippen molar-refractivity contribution in [2.24, 2.45) is 5.73 Å². The Morgan fingerprint density at radius 3 is 2.16 bits per heavy atom. The summed E-state index contributed by atoms with van der Waals surface area (Å²) in [7, 11) is 0. The van der Waals surface area contributed by atoms with Gasteiger partial charge in [0.2, 0.25) is 0 Å². The minimum Gasteiger partial charge on any atom is -0.354 e. The van der Waals surface area contributed by atoms with E-state index in [1.807, 2.05) is 18.2 Å². The van der Waals surface area contributed by atoms with Crippen LogP contribution >= 0.6 is 0 Å². The number of fused-ring (bicyclic) bond motifs is 1. The van der Waals surface area contributed by atoms with Crippen molar-refractivity contribution in [2.75, 3.05) is 37.6 Å². The van der Waals surface area contributed by atoms with Crippen molar-refractivity contribution in [3.63, 3.8) is 0 Å². The minimum atomic E-state index is -0.174. The lowest BCUT2D eigenvalue weighted by molar-refractivity contribution is 0.253. The third-order valence-electron chi connectivity index (χ3n) is 8.06. The Hall–Kier alpha value is -3.35. The van der Waals surface area contributed by atoms with E-state index in [2.05, 4.69) is 65.3 Å². The number of hydrogen-bond acceptors (Lipinski definition) is 6. The summed E-state index contributed by atoms with van der Waals surface area (Å²) in [6, 6.07) is 23.1. The molecule has 1 aliphatic carbocycles. The fourth-order valence-electron chi connectivity index (χ4n) is 5.50. The quantitative estimate of drug-likeness (QED) is 0.361. The van der Waals surface area contributed by atoms with Gasteiger partial charge in [-0.2, -0.15) is 0 Å². The lowest BCUT2D eigenvalue weighted by Crippen LogP contribution is -2.46. The predicted octanol–water partition coefficient (Wildman–Crippen LogP) is 5.62. The number of rotatable bonds is 7. The molecule has 0 spiro atoms. The third kappa shape index (κ3) is 4.83. The minimum absolute atomic E-state index is 0.174. The van der Waals surface area contributed by atoms with E-state index in [9.17, 15) is 0 Å². The Bertz CT molecular complexity index is 1360. The zero-order valence-electron chi connectivity index (χ0n) is 21.7. The van der Waals surface area contributed by atoms with E-state index in [1.165, 1.54) is 31.4 Å². The van der Waals surface area contributed by atoms with Gasteiger partial charge in [0.1, 0.15) is 11.3 Å². The molecule has 6 heteroatoms. The number of nitrogens with zero attached hydrogens (tertiary/aromatic N) is 5. The van der Waals surface area contributed by atoms with Crippen molar-refractivity contribution in [1.82, 2.24) is 19.9 Å². The van der Waals surface area contributed by atoms with Gasteiger partial charge >= 0.3 is 0 Å². The smallest absolute Gasteiger partial charge is 0.180 e. The molecule has 1 aliphatic heterocycles. The molecule has 1 saturated carbocycles. The fourth-order valence-corrected chi connectivity index (χ4v) is 5.50. The van der Waals surface area contributed by atoms with E-state index in [0.29, 0.717) is 5.65 Å². The monoisotopic (exact) mass is 492 g/mol. The molecule has 2 aliphatic rings. The third-order valence-corrected chi connectivity index (χ3v) is 8.06. The second-order valence-corrected chi connectivity index (χ2v) is 10.6. The molecule has 190 valence electrons. The summed E-state index contributed by atoms with van der Waals surface area (Å²) in [6.07, 6.45) is 5.82. The Morgan fingerprint density at radius 1 is 0.784 bits per heavy atom. The van der Waals surface area contributed by atoms with Crippen molar-refractivity contribution in [3.8, 4) is 22.5 Å². The van der Waals surface area contributed by atoms with Crippen molar-refractivity contribution >= 4 is 17.0 Å². The summed E-state index contributed by atoms with van der Waals surface area (Å²) < 4.78 is 0. The first kappa shape index (κ1) is 24.0. The fraction of sp³-hybridized carbons (Fsp3) is 0.387. The molecule has 6 nitrogen and oxygen atoms in total. The normalized spacial score (nSPS) is 17.6. The van der Waals surface area contributed by atoms with Crippen molar-refractivity contribution in [3.05, 3.63) is 72.3 Å². The highest BCUT2D eigenvalue weighted by molar-refractivity contribution is 5.85. The van der Waals surface area contributed by atoms with Crippen molar-refractivity contribution < 1.29 is 0 Å². The molecular formula is C31H36N6. The van der Waals surface area contributed by atoms with Gasteiger partial charge in [-0.1, -0.05) is 67.9 Å². The van der Waals surface area contributed by atoms with Gasteiger partial charge in [0, 0.05) is 42.8 Å². The number of piperazine rings is 1. The van der Waals surface area contributed by atoms with Gasteiger partial charge in [-0.15, -0.1) is 0 Å². The van der Waals surface area contributed by atoms with E-state index in [4.69, 9.17) is 20.7 Å². The highest BCUT2D eigenvalue weighted by atomic mass is 15.3. The first-order valence-corrected chi connectivity index (χ1v) is 13.7. The number of aromatic nitrogens is 3. The second-order valence-electron chi connectivity index (χ2n) is 10.6. The van der Waals surface area contributed by atoms with Gasteiger partial charge in [-0.3, -0.25) is 4.90 Å². The summed E-state index contributed by atoms with van der Waals surface area (Å²) in [5.41, 5.74) is 13.0. The highest BCUT2D eigenvalue weighted by Crippen LogP contribution is 2.39. The molecule has 37 heavy (non-hydrogen) atoms. The number of benzene rings is 2. The number of hydrogen-bond donors (Lipinski definition) is 1. The van der Waals surface area contributed by atoms with Gasteiger partial charge in [0.15, 0.2) is 5.65 Å². The largest absolute Gasteiger partial charge is 0.354 e. The van der Waals surface area contributed by atoms with Gasteiger partial charge in [0.05, 0.1) is 11.4 Å². The highest BCUT2D eigenvalue weighted by Gasteiger charge is 2.34. The first-order chi connectivity index (χ1) is 18.1. The molecule has 2 fully saturated rings. The van der Waals surface area contributed by atoms with Crippen molar-refractivity contribution in [2.45, 2.75) is 44.6 Å². The molecule has 0 atom stereocenters. The molecule has 2 aromatic heterocycles. The topological polar surface area (TPSA) is 71.2 Å². The summed E-state index contributed by atoms with van der Waals surface area (Å²) in [6.45, 7) is 7.60. The van der Waals surface area contributed by atoms with Crippen LogP contribution in [-0.4, -0.2) is 52.6 Å². The van der Waals surface area contributed by atoms with Crippen LogP contribution in [0.4, 0.5) is 5.82 Å². The van der Waals surface area contributed by atoms with Crippen LogP contribution in [0.5, 0.6) is 0 Å². The van der Waals surface area contributed by atoms with Crippen LogP contribution in [0, 0.1) is 0 Å². The number of pyridine rings is 1. The summed E-state index contributed by atoms with van der Waals surface area (Å²) in [5, 5.41) is 0. The maximum atomic E-state index is 6.58. The van der Waals surface area contributed by atoms with E-state index in [-0.39, 0.29) is 5.54 Å².